The molecule has 0 fully saturated rings. The van der Waals surface area contributed by atoms with Crippen molar-refractivity contribution in [2.45, 2.75) is 0 Å². The smallest absolute Gasteiger partial charge is 0.269 e. The van der Waals surface area contributed by atoms with Gasteiger partial charge in [0.05, 0.1) is 11.0 Å². The lowest BCUT2D eigenvalue weighted by Crippen LogP contribution is -2.18. The lowest BCUT2D eigenvalue weighted by molar-refractivity contribution is 0.0958. The van der Waals surface area contributed by atoms with Crippen LogP contribution < -0.4 is 20.8 Å². The number of imidazole rings is 1. The minimum absolute atomic E-state index is 0.260. The molecule has 4 aromatic rings. The summed E-state index contributed by atoms with van der Waals surface area (Å²) in [6.45, 7) is 0. The zero-order valence-electron chi connectivity index (χ0n) is 16.4. The number of aryl methyl sites for hydroxylation is 1. The standard InChI is InChI=1S/C21H20BN5O2/c1-23-20(28)18-11-16(9-10-24-18)29-15-7-8-17-19(12-15)27(2)21(26-17)25-14-5-3-13(22)4-6-14/h3-12H,22H2,1-2H3,(H,23,28)(H,25,26). The van der Waals surface area contributed by atoms with E-state index < -0.39 is 0 Å². The fourth-order valence-electron chi connectivity index (χ4n) is 2.97. The predicted molar refractivity (Wildman–Crippen MR) is 116 cm³/mol. The highest BCUT2D eigenvalue weighted by atomic mass is 16.5. The molecular formula is C21H20BN5O2. The maximum atomic E-state index is 11.8. The average Bonchev–Trinajstić information content (AvgIpc) is 3.04. The average molecular weight is 385 g/mol. The van der Waals surface area contributed by atoms with Crippen molar-refractivity contribution in [2.24, 2.45) is 7.05 Å². The normalized spacial score (nSPS) is 10.7. The summed E-state index contributed by atoms with van der Waals surface area (Å²) >= 11 is 0. The van der Waals surface area contributed by atoms with Crippen molar-refractivity contribution in [1.29, 1.82) is 0 Å². The molecule has 0 aliphatic carbocycles. The number of pyridine rings is 1. The molecule has 2 aromatic carbocycles. The van der Waals surface area contributed by atoms with Gasteiger partial charge in [-0.2, -0.15) is 0 Å². The van der Waals surface area contributed by atoms with Crippen molar-refractivity contribution in [3.63, 3.8) is 0 Å². The van der Waals surface area contributed by atoms with Gasteiger partial charge in [0.15, 0.2) is 0 Å². The molecule has 0 saturated carbocycles. The zero-order valence-corrected chi connectivity index (χ0v) is 16.4. The van der Waals surface area contributed by atoms with E-state index in [0.29, 0.717) is 17.2 Å². The van der Waals surface area contributed by atoms with E-state index in [9.17, 15) is 4.79 Å². The number of nitrogens with zero attached hydrogens (tertiary/aromatic N) is 3. The Labute approximate surface area is 169 Å². The van der Waals surface area contributed by atoms with Gasteiger partial charge in [0, 0.05) is 38.1 Å². The SMILES string of the molecule is Bc1ccc(Nc2nc3ccc(Oc4ccnc(C(=O)NC)c4)cc3n2C)cc1. The molecule has 0 spiro atoms. The number of amides is 1. The molecular weight excluding hydrogens is 365 g/mol. The van der Waals surface area contributed by atoms with Gasteiger partial charge in [-0.15, -0.1) is 0 Å². The number of aromatic nitrogens is 3. The number of carbonyl (C=O) groups excluding carboxylic acids is 1. The Bertz CT molecular complexity index is 1190. The Morgan fingerprint density at radius 1 is 1.07 bits per heavy atom. The zero-order chi connectivity index (χ0) is 20.4. The summed E-state index contributed by atoms with van der Waals surface area (Å²) in [4.78, 5) is 20.5. The van der Waals surface area contributed by atoms with Crippen LogP contribution in [0.5, 0.6) is 11.5 Å². The van der Waals surface area contributed by atoms with Crippen LogP contribution in [0.2, 0.25) is 0 Å². The molecule has 0 saturated heterocycles. The molecule has 0 aliphatic heterocycles. The van der Waals surface area contributed by atoms with E-state index in [4.69, 9.17) is 4.74 Å². The van der Waals surface area contributed by atoms with Crippen LogP contribution in [0.4, 0.5) is 11.6 Å². The van der Waals surface area contributed by atoms with E-state index in [0.717, 1.165) is 22.7 Å². The Hall–Kier alpha value is -3.81. The van der Waals surface area contributed by atoms with E-state index >= 15 is 0 Å². The number of benzene rings is 2. The van der Waals surface area contributed by atoms with Crippen molar-refractivity contribution in [3.8, 4) is 11.5 Å². The minimum atomic E-state index is -0.260. The number of nitrogens with one attached hydrogen (secondary N) is 2. The van der Waals surface area contributed by atoms with Gasteiger partial charge in [-0.3, -0.25) is 9.78 Å². The molecule has 7 nitrogen and oxygen atoms in total. The summed E-state index contributed by atoms with van der Waals surface area (Å²) in [7, 11) is 5.57. The van der Waals surface area contributed by atoms with Crippen molar-refractivity contribution in [1.82, 2.24) is 19.9 Å². The molecule has 2 aromatic heterocycles. The van der Waals surface area contributed by atoms with Gasteiger partial charge in [-0.05, 0) is 30.3 Å². The predicted octanol–water partition coefficient (Wildman–Crippen LogP) is 2.12. The fraction of sp³-hybridized carbons (Fsp3) is 0.0952. The first-order chi connectivity index (χ1) is 14.0. The highest BCUT2D eigenvalue weighted by molar-refractivity contribution is 6.32. The van der Waals surface area contributed by atoms with Crippen molar-refractivity contribution in [2.75, 3.05) is 12.4 Å². The summed E-state index contributed by atoms with van der Waals surface area (Å²) in [6.07, 6.45) is 1.55. The highest BCUT2D eigenvalue weighted by Crippen LogP contribution is 2.28. The third-order valence-electron chi connectivity index (χ3n) is 4.59. The summed E-state index contributed by atoms with van der Waals surface area (Å²) < 4.78 is 7.91. The number of rotatable bonds is 5. The first-order valence-electron chi connectivity index (χ1n) is 9.19. The van der Waals surface area contributed by atoms with E-state index in [-0.39, 0.29) is 5.91 Å². The van der Waals surface area contributed by atoms with E-state index in [2.05, 4.69) is 40.6 Å². The van der Waals surface area contributed by atoms with Crippen LogP contribution in [0.25, 0.3) is 11.0 Å². The summed E-state index contributed by atoms with van der Waals surface area (Å²) in [5.74, 6) is 1.67. The monoisotopic (exact) mass is 385 g/mol. The summed E-state index contributed by atoms with van der Waals surface area (Å²) in [5.41, 5.74) is 4.27. The first kappa shape index (κ1) is 18.6. The molecule has 8 heteroatoms. The lowest BCUT2D eigenvalue weighted by Gasteiger charge is -2.08. The van der Waals surface area contributed by atoms with Gasteiger partial charge in [0.1, 0.15) is 25.0 Å². The highest BCUT2D eigenvalue weighted by Gasteiger charge is 2.11. The van der Waals surface area contributed by atoms with Crippen molar-refractivity contribution < 1.29 is 9.53 Å². The second kappa shape index (κ2) is 7.67. The number of fused-ring (bicyclic) bond motifs is 1. The number of hydrogen-bond acceptors (Lipinski definition) is 5. The van der Waals surface area contributed by atoms with Crippen LogP contribution in [0.15, 0.2) is 60.8 Å². The molecule has 0 radical (unpaired) electrons. The third-order valence-corrected chi connectivity index (χ3v) is 4.59. The lowest BCUT2D eigenvalue weighted by atomic mass is 9.96. The van der Waals surface area contributed by atoms with E-state index in [1.807, 2.05) is 41.9 Å². The molecule has 0 bridgehead atoms. The number of anilines is 2. The topological polar surface area (TPSA) is 81.1 Å². The van der Waals surface area contributed by atoms with Gasteiger partial charge in [-0.1, -0.05) is 17.6 Å². The second-order valence-electron chi connectivity index (χ2n) is 6.69. The number of carbonyl (C=O) groups is 1. The molecule has 144 valence electrons. The largest absolute Gasteiger partial charge is 0.457 e. The summed E-state index contributed by atoms with van der Waals surface area (Å²) in [5, 5.41) is 5.90. The fourth-order valence-corrected chi connectivity index (χ4v) is 2.97. The molecule has 0 atom stereocenters. The van der Waals surface area contributed by atoms with Gasteiger partial charge in [0.25, 0.3) is 5.91 Å². The molecule has 29 heavy (non-hydrogen) atoms. The Morgan fingerprint density at radius 2 is 1.83 bits per heavy atom. The van der Waals surface area contributed by atoms with E-state index in [1.54, 1.807) is 25.4 Å². The molecule has 0 aliphatic rings. The van der Waals surface area contributed by atoms with Crippen LogP contribution in [-0.2, 0) is 7.05 Å². The quantitative estimate of drug-likeness (QED) is 0.515. The van der Waals surface area contributed by atoms with Gasteiger partial charge in [-0.25, -0.2) is 4.98 Å². The van der Waals surface area contributed by atoms with Crippen LogP contribution in [0.1, 0.15) is 10.5 Å². The van der Waals surface area contributed by atoms with Crippen LogP contribution in [0, 0.1) is 0 Å². The molecule has 1 amide bonds. The molecule has 4 rings (SSSR count). The van der Waals surface area contributed by atoms with Crippen molar-refractivity contribution in [3.05, 3.63) is 66.5 Å². The van der Waals surface area contributed by atoms with Gasteiger partial charge in [0.2, 0.25) is 5.95 Å². The summed E-state index contributed by atoms with van der Waals surface area (Å²) in [6, 6.07) is 17.2. The minimum Gasteiger partial charge on any atom is -0.457 e. The van der Waals surface area contributed by atoms with Gasteiger partial charge >= 0.3 is 0 Å². The Kier molecular flexibility index (Phi) is 4.91. The second-order valence-corrected chi connectivity index (χ2v) is 6.69. The Balaban J connectivity index is 1.60. The van der Waals surface area contributed by atoms with E-state index in [1.165, 1.54) is 5.46 Å². The Morgan fingerprint density at radius 3 is 2.59 bits per heavy atom. The van der Waals surface area contributed by atoms with Crippen molar-refractivity contribution >= 4 is 41.9 Å². The maximum absolute atomic E-state index is 11.8. The van der Waals surface area contributed by atoms with Crippen LogP contribution >= 0.6 is 0 Å². The number of ether oxygens (including phenoxy) is 1. The third kappa shape index (κ3) is 3.91. The first-order valence-corrected chi connectivity index (χ1v) is 9.19. The number of hydrogen-bond donors (Lipinski definition) is 2. The van der Waals surface area contributed by atoms with Crippen LogP contribution in [-0.4, -0.2) is 35.3 Å². The van der Waals surface area contributed by atoms with Crippen LogP contribution in [0.3, 0.4) is 0 Å². The maximum Gasteiger partial charge on any atom is 0.269 e. The molecule has 0 unspecified atom stereocenters. The van der Waals surface area contributed by atoms with Gasteiger partial charge < -0.3 is 19.9 Å². The molecule has 2 heterocycles. The molecule has 2 N–H and O–H groups in total.